The second-order valence-corrected chi connectivity index (χ2v) is 15.4. The number of fused-ring (bicyclic) bond motifs is 6. The number of hydrogen-bond acceptors (Lipinski definition) is 3. The van der Waals surface area contributed by atoms with Crippen LogP contribution >= 0.6 is 0 Å². The van der Waals surface area contributed by atoms with Gasteiger partial charge < -0.3 is 15.1 Å². The van der Waals surface area contributed by atoms with Gasteiger partial charge in [-0.1, -0.05) is 101 Å². The molecule has 2 saturated carbocycles. The van der Waals surface area contributed by atoms with Crippen LogP contribution < -0.4 is 0 Å². The summed E-state index contributed by atoms with van der Waals surface area (Å²) in [4.78, 5) is 15.6. The van der Waals surface area contributed by atoms with Crippen molar-refractivity contribution in [2.24, 2.45) is 23.2 Å². The van der Waals surface area contributed by atoms with Crippen LogP contribution in [0.1, 0.15) is 114 Å². The molecule has 3 aliphatic carbocycles. The number of aliphatic hydroxyl groups is 1. The normalized spacial score (nSPS) is 28.1. The molecule has 4 nitrogen and oxygen atoms in total. The topological polar surface area (TPSA) is 60.8 Å². The molecule has 254 valence electrons. The first-order valence-corrected chi connectivity index (χ1v) is 18.7. The molecule has 47 heavy (non-hydrogen) atoms. The Labute approximate surface area is 281 Å². The zero-order valence-electron chi connectivity index (χ0n) is 28.7. The number of aliphatic hydroxyl groups excluding tert-OH is 1. The largest absolute Gasteiger partial charge is 0.508 e. The molecule has 0 spiro atoms. The first kappa shape index (κ1) is 34.0. The first-order chi connectivity index (χ1) is 22.8. The molecule has 3 aromatic carbocycles. The number of benzene rings is 3. The number of carbonyl (C=O) groups is 1. The summed E-state index contributed by atoms with van der Waals surface area (Å²) in [5.74, 6) is 1.30. The molecule has 3 aliphatic rings. The summed E-state index contributed by atoms with van der Waals surface area (Å²) in [5, 5.41) is 23.6. The molecule has 0 radical (unpaired) electrons. The van der Waals surface area contributed by atoms with Gasteiger partial charge >= 0.3 is 0 Å². The molecule has 1 amide bonds. The van der Waals surface area contributed by atoms with Gasteiger partial charge in [-0.3, -0.25) is 4.79 Å². The average Bonchev–Trinajstić information content (AvgIpc) is 3.35. The number of hydrogen-bond donors (Lipinski definition) is 2. The van der Waals surface area contributed by atoms with Crippen LogP contribution in [0.25, 0.3) is 10.8 Å². The fraction of sp³-hybridized carbons (Fsp3) is 0.595. The van der Waals surface area contributed by atoms with Gasteiger partial charge in [-0.2, -0.15) is 0 Å². The van der Waals surface area contributed by atoms with Gasteiger partial charge in [0, 0.05) is 19.0 Å². The molecule has 0 saturated heterocycles. The SMILES string of the molecule is CCCCCCN(CCCCCC[C@@H]1Cc2cc(O)ccc2[C@@H]2[C@@H]1[C@@H]1CC[C@H](O)[C@@]1(C)C[C@@H]2F)C(=O)Cc1ccc2ccccc2c1. The van der Waals surface area contributed by atoms with Gasteiger partial charge in [-0.25, -0.2) is 4.39 Å². The number of alkyl halides is 1. The monoisotopic (exact) mass is 641 g/mol. The van der Waals surface area contributed by atoms with Crippen LogP contribution in [0.15, 0.2) is 60.7 Å². The number of amides is 1. The van der Waals surface area contributed by atoms with E-state index in [0.717, 1.165) is 94.0 Å². The third-order valence-corrected chi connectivity index (χ3v) is 12.3. The minimum Gasteiger partial charge on any atom is -0.508 e. The van der Waals surface area contributed by atoms with E-state index in [2.05, 4.69) is 49.1 Å². The van der Waals surface area contributed by atoms with Crippen molar-refractivity contribution in [3.05, 3.63) is 77.4 Å². The maximum Gasteiger partial charge on any atom is 0.226 e. The van der Waals surface area contributed by atoms with Crippen LogP contribution in [-0.2, 0) is 17.6 Å². The van der Waals surface area contributed by atoms with Gasteiger partial charge in [0.05, 0.1) is 12.5 Å². The van der Waals surface area contributed by atoms with E-state index in [4.69, 9.17) is 0 Å². The Hall–Kier alpha value is -2.92. The van der Waals surface area contributed by atoms with Gasteiger partial charge in [-0.15, -0.1) is 0 Å². The Morgan fingerprint density at radius 3 is 2.45 bits per heavy atom. The highest BCUT2D eigenvalue weighted by atomic mass is 19.1. The molecular formula is C42H56FNO3. The highest BCUT2D eigenvalue weighted by Crippen LogP contribution is 2.63. The fourth-order valence-electron chi connectivity index (χ4n) is 9.82. The van der Waals surface area contributed by atoms with Crippen LogP contribution in [0.4, 0.5) is 4.39 Å². The van der Waals surface area contributed by atoms with E-state index in [-0.39, 0.29) is 28.9 Å². The van der Waals surface area contributed by atoms with E-state index >= 15 is 4.39 Å². The standard InChI is InChI=1S/C42H56FNO3/c1-3-4-5-11-22-44(39(47)25-29-16-17-30-13-9-10-14-31(30)24-29)23-12-7-6-8-15-32-26-33-27-34(45)18-19-35(33)41-37(43)28-42(2)36(40(32)41)20-21-38(42)46/h9-10,13-14,16-19,24,27,32,36-38,40-41,45-46H,3-8,11-12,15,20-23,25-26,28H2,1-2H3/t32-,36+,37+,38+,40+,41+,42+/m1/s1. The lowest BCUT2D eigenvalue weighted by Crippen LogP contribution is -2.51. The van der Waals surface area contributed by atoms with Crippen molar-refractivity contribution in [2.45, 2.75) is 122 Å². The maximum absolute atomic E-state index is 16.1. The molecule has 3 aromatic rings. The highest BCUT2D eigenvalue weighted by molar-refractivity contribution is 5.85. The number of phenols is 1. The Morgan fingerprint density at radius 2 is 1.66 bits per heavy atom. The van der Waals surface area contributed by atoms with E-state index < -0.39 is 12.3 Å². The molecule has 0 heterocycles. The Bertz CT molecular complexity index is 1510. The number of rotatable bonds is 14. The number of halogens is 1. The third-order valence-electron chi connectivity index (χ3n) is 12.3. The number of unbranched alkanes of at least 4 members (excludes halogenated alkanes) is 6. The lowest BCUT2D eigenvalue weighted by Gasteiger charge is -2.54. The molecule has 6 rings (SSSR count). The van der Waals surface area contributed by atoms with Crippen molar-refractivity contribution >= 4 is 16.7 Å². The Morgan fingerprint density at radius 1 is 0.915 bits per heavy atom. The van der Waals surface area contributed by atoms with Gasteiger partial charge in [0.2, 0.25) is 5.91 Å². The molecule has 7 atom stereocenters. The maximum atomic E-state index is 16.1. The van der Waals surface area contributed by atoms with Crippen molar-refractivity contribution in [3.8, 4) is 5.75 Å². The molecular weight excluding hydrogens is 585 g/mol. The zero-order valence-corrected chi connectivity index (χ0v) is 28.7. The number of aromatic hydroxyl groups is 1. The van der Waals surface area contributed by atoms with Crippen LogP contribution in [0.2, 0.25) is 0 Å². The molecule has 0 aliphatic heterocycles. The minimum absolute atomic E-state index is 0.136. The van der Waals surface area contributed by atoms with E-state index in [9.17, 15) is 15.0 Å². The van der Waals surface area contributed by atoms with Crippen molar-refractivity contribution in [2.75, 3.05) is 13.1 Å². The minimum atomic E-state index is -0.962. The summed E-state index contributed by atoms with van der Waals surface area (Å²) in [6.07, 6.45) is 12.1. The lowest BCUT2D eigenvalue weighted by atomic mass is 9.51. The molecule has 2 N–H and O–H groups in total. The van der Waals surface area contributed by atoms with Crippen LogP contribution in [-0.4, -0.2) is 46.4 Å². The summed E-state index contributed by atoms with van der Waals surface area (Å²) >= 11 is 0. The van der Waals surface area contributed by atoms with Crippen LogP contribution in [0, 0.1) is 23.2 Å². The highest BCUT2D eigenvalue weighted by Gasteiger charge is 2.59. The number of phenolic OH excluding ortho intramolecular Hbond substituents is 1. The van der Waals surface area contributed by atoms with Crippen molar-refractivity contribution in [3.63, 3.8) is 0 Å². The second kappa shape index (κ2) is 15.1. The van der Waals surface area contributed by atoms with E-state index in [1.165, 1.54) is 23.6 Å². The predicted molar refractivity (Wildman–Crippen MR) is 189 cm³/mol. The Kier molecular flexibility index (Phi) is 10.9. The molecule has 0 aromatic heterocycles. The summed E-state index contributed by atoms with van der Waals surface area (Å²) in [6.45, 7) is 6.00. The molecule has 5 heteroatoms. The van der Waals surface area contributed by atoms with Crippen molar-refractivity contribution in [1.29, 1.82) is 0 Å². The molecule has 0 unspecified atom stereocenters. The summed E-state index contributed by atoms with van der Waals surface area (Å²) in [7, 11) is 0. The fourth-order valence-corrected chi connectivity index (χ4v) is 9.82. The van der Waals surface area contributed by atoms with Gasteiger partial charge in [0.25, 0.3) is 0 Å². The lowest BCUT2D eigenvalue weighted by molar-refractivity contribution is -0.130. The smallest absolute Gasteiger partial charge is 0.226 e. The number of nitrogens with zero attached hydrogens (tertiary/aromatic N) is 1. The molecule has 0 bridgehead atoms. The number of carbonyl (C=O) groups excluding carboxylic acids is 1. The van der Waals surface area contributed by atoms with Gasteiger partial charge in [0.15, 0.2) is 0 Å². The summed E-state index contributed by atoms with van der Waals surface area (Å²) < 4.78 is 16.1. The summed E-state index contributed by atoms with van der Waals surface area (Å²) in [6, 6.07) is 20.3. The van der Waals surface area contributed by atoms with Crippen LogP contribution in [0.5, 0.6) is 5.75 Å². The van der Waals surface area contributed by atoms with Gasteiger partial charge in [-0.05, 0) is 108 Å². The van der Waals surface area contributed by atoms with E-state index in [1.54, 1.807) is 6.07 Å². The Balaban J connectivity index is 1.05. The second-order valence-electron chi connectivity index (χ2n) is 15.4. The molecule has 2 fully saturated rings. The van der Waals surface area contributed by atoms with E-state index in [0.29, 0.717) is 24.7 Å². The van der Waals surface area contributed by atoms with Crippen molar-refractivity contribution < 1.29 is 19.4 Å². The van der Waals surface area contributed by atoms with E-state index in [1.807, 2.05) is 24.3 Å². The average molecular weight is 642 g/mol. The predicted octanol–water partition coefficient (Wildman–Crippen LogP) is 9.54. The van der Waals surface area contributed by atoms with Gasteiger partial charge in [0.1, 0.15) is 11.9 Å². The third kappa shape index (κ3) is 7.41. The first-order valence-electron chi connectivity index (χ1n) is 18.7. The van der Waals surface area contributed by atoms with Crippen LogP contribution in [0.3, 0.4) is 0 Å². The van der Waals surface area contributed by atoms with Crippen molar-refractivity contribution in [1.82, 2.24) is 4.90 Å². The summed E-state index contributed by atoms with van der Waals surface area (Å²) in [5.41, 5.74) is 2.95. The zero-order chi connectivity index (χ0) is 33.0. The quantitative estimate of drug-likeness (QED) is 0.172.